The third-order valence-corrected chi connectivity index (χ3v) is 2.76. The molecular weight excluding hydrogens is 262 g/mol. The summed E-state index contributed by atoms with van der Waals surface area (Å²) in [7, 11) is 0. The van der Waals surface area contributed by atoms with Crippen LogP contribution < -0.4 is 5.32 Å². The highest BCUT2D eigenvalue weighted by atomic mass is 16.4. The van der Waals surface area contributed by atoms with Crippen molar-refractivity contribution in [3.05, 3.63) is 41.9 Å². The lowest BCUT2D eigenvalue weighted by Gasteiger charge is -2.06. The molecule has 2 aromatic rings. The van der Waals surface area contributed by atoms with Gasteiger partial charge in [-0.2, -0.15) is 0 Å². The second-order valence-electron chi connectivity index (χ2n) is 4.17. The van der Waals surface area contributed by atoms with Gasteiger partial charge in [-0.05, 0) is 12.1 Å². The summed E-state index contributed by atoms with van der Waals surface area (Å²) < 4.78 is 6.81. The van der Waals surface area contributed by atoms with E-state index in [-0.39, 0.29) is 24.8 Å². The first-order chi connectivity index (χ1) is 9.60. The van der Waals surface area contributed by atoms with Crippen LogP contribution in [0.25, 0.3) is 0 Å². The molecule has 2 heterocycles. The molecule has 2 aromatic heterocycles. The van der Waals surface area contributed by atoms with Crippen molar-refractivity contribution in [1.82, 2.24) is 14.9 Å². The lowest BCUT2D eigenvalue weighted by molar-refractivity contribution is -0.121. The molecule has 0 bridgehead atoms. The van der Waals surface area contributed by atoms with Gasteiger partial charge in [-0.1, -0.05) is 6.92 Å². The Bertz CT molecular complexity index is 615. The van der Waals surface area contributed by atoms with E-state index in [2.05, 4.69) is 10.3 Å². The number of aromatic nitrogens is 2. The van der Waals surface area contributed by atoms with Gasteiger partial charge in [0.2, 0.25) is 11.7 Å². The van der Waals surface area contributed by atoms with Crippen molar-refractivity contribution >= 4 is 11.9 Å². The maximum Gasteiger partial charge on any atom is 0.371 e. The molecule has 0 aliphatic rings. The van der Waals surface area contributed by atoms with Gasteiger partial charge < -0.3 is 19.4 Å². The van der Waals surface area contributed by atoms with E-state index in [4.69, 9.17) is 9.52 Å². The van der Waals surface area contributed by atoms with Crippen LogP contribution in [0.4, 0.5) is 0 Å². The van der Waals surface area contributed by atoms with Crippen molar-refractivity contribution in [2.75, 3.05) is 0 Å². The van der Waals surface area contributed by atoms with Crippen molar-refractivity contribution in [2.24, 2.45) is 0 Å². The standard InChI is InChI=1S/C13H15N3O4/c1-2-11-14-5-6-16(11)8-12(17)15-7-9-3-4-10(20-9)13(18)19/h3-6H,2,7-8H2,1H3,(H,15,17)(H,18,19). The molecule has 0 aliphatic carbocycles. The molecule has 0 aromatic carbocycles. The number of carbonyl (C=O) groups excluding carboxylic acids is 1. The number of nitrogens with one attached hydrogen (secondary N) is 1. The fourth-order valence-corrected chi connectivity index (χ4v) is 1.78. The summed E-state index contributed by atoms with van der Waals surface area (Å²) in [5.41, 5.74) is 0. The van der Waals surface area contributed by atoms with E-state index in [1.54, 1.807) is 17.0 Å². The highest BCUT2D eigenvalue weighted by molar-refractivity contribution is 5.84. The van der Waals surface area contributed by atoms with Gasteiger partial charge in [0.25, 0.3) is 0 Å². The van der Waals surface area contributed by atoms with Gasteiger partial charge in [0, 0.05) is 18.8 Å². The SMILES string of the molecule is CCc1nccn1CC(=O)NCc1ccc(C(=O)O)o1. The van der Waals surface area contributed by atoms with E-state index in [0.29, 0.717) is 5.76 Å². The molecule has 0 unspecified atom stereocenters. The summed E-state index contributed by atoms with van der Waals surface area (Å²) in [5.74, 6) is -0.222. The summed E-state index contributed by atoms with van der Waals surface area (Å²) in [5, 5.41) is 11.4. The summed E-state index contributed by atoms with van der Waals surface area (Å²) in [6.07, 6.45) is 4.14. The van der Waals surface area contributed by atoms with Crippen LogP contribution in [-0.2, 0) is 24.3 Å². The molecule has 0 fully saturated rings. The lowest BCUT2D eigenvalue weighted by Crippen LogP contribution is -2.27. The van der Waals surface area contributed by atoms with E-state index in [1.165, 1.54) is 12.1 Å². The number of carbonyl (C=O) groups is 2. The molecular formula is C13H15N3O4. The zero-order valence-corrected chi connectivity index (χ0v) is 11.0. The Balaban J connectivity index is 1.87. The Morgan fingerprint density at radius 2 is 2.25 bits per heavy atom. The van der Waals surface area contributed by atoms with Crippen molar-refractivity contribution in [3.8, 4) is 0 Å². The monoisotopic (exact) mass is 277 g/mol. The quantitative estimate of drug-likeness (QED) is 0.822. The fourth-order valence-electron chi connectivity index (χ4n) is 1.78. The Morgan fingerprint density at radius 3 is 2.90 bits per heavy atom. The number of hydrogen-bond donors (Lipinski definition) is 2. The maximum absolute atomic E-state index is 11.8. The van der Waals surface area contributed by atoms with Gasteiger partial charge >= 0.3 is 5.97 Å². The highest BCUT2D eigenvalue weighted by Gasteiger charge is 2.10. The third kappa shape index (κ3) is 3.25. The topological polar surface area (TPSA) is 97.4 Å². The molecule has 2 N–H and O–H groups in total. The van der Waals surface area contributed by atoms with Crippen molar-refractivity contribution in [2.45, 2.75) is 26.4 Å². The molecule has 0 spiro atoms. The Kier molecular flexibility index (Phi) is 4.19. The molecule has 106 valence electrons. The number of hydrogen-bond acceptors (Lipinski definition) is 4. The van der Waals surface area contributed by atoms with Gasteiger partial charge in [-0.3, -0.25) is 4.79 Å². The number of rotatable bonds is 6. The molecule has 0 saturated carbocycles. The average Bonchev–Trinajstić information content (AvgIpc) is 3.04. The molecule has 0 radical (unpaired) electrons. The van der Waals surface area contributed by atoms with E-state index in [9.17, 15) is 9.59 Å². The van der Waals surface area contributed by atoms with Gasteiger partial charge in [-0.25, -0.2) is 9.78 Å². The summed E-state index contributed by atoms with van der Waals surface area (Å²) in [4.78, 5) is 26.5. The molecule has 2 rings (SSSR count). The van der Waals surface area contributed by atoms with Gasteiger partial charge in [0.15, 0.2) is 0 Å². The number of imidazole rings is 1. The molecule has 20 heavy (non-hydrogen) atoms. The molecule has 0 saturated heterocycles. The Labute approximate surface area is 115 Å². The zero-order chi connectivity index (χ0) is 14.5. The second-order valence-corrected chi connectivity index (χ2v) is 4.17. The molecule has 7 nitrogen and oxygen atoms in total. The number of carboxylic acids is 1. The molecule has 0 atom stereocenters. The zero-order valence-electron chi connectivity index (χ0n) is 11.0. The lowest BCUT2D eigenvalue weighted by atomic mass is 10.4. The minimum Gasteiger partial charge on any atom is -0.475 e. The number of furan rings is 1. The first kappa shape index (κ1) is 13.9. The average molecular weight is 277 g/mol. The van der Waals surface area contributed by atoms with Gasteiger partial charge in [-0.15, -0.1) is 0 Å². The normalized spacial score (nSPS) is 10.4. The highest BCUT2D eigenvalue weighted by Crippen LogP contribution is 2.07. The minimum absolute atomic E-state index is 0.142. The predicted octanol–water partition coefficient (Wildman–Crippen LogP) is 1.05. The van der Waals surface area contributed by atoms with Crippen LogP contribution in [0, 0.1) is 0 Å². The maximum atomic E-state index is 11.8. The van der Waals surface area contributed by atoms with Crippen LogP contribution in [0.1, 0.15) is 29.1 Å². The van der Waals surface area contributed by atoms with E-state index in [1.807, 2.05) is 6.92 Å². The number of nitrogens with zero attached hydrogens (tertiary/aromatic N) is 2. The Morgan fingerprint density at radius 1 is 1.45 bits per heavy atom. The summed E-state index contributed by atoms with van der Waals surface area (Å²) in [6, 6.07) is 2.88. The third-order valence-electron chi connectivity index (χ3n) is 2.76. The number of aryl methyl sites for hydroxylation is 1. The fraction of sp³-hybridized carbons (Fsp3) is 0.308. The Hall–Kier alpha value is -2.57. The first-order valence-corrected chi connectivity index (χ1v) is 6.19. The summed E-state index contributed by atoms with van der Waals surface area (Å²) in [6.45, 7) is 2.30. The van der Waals surface area contributed by atoms with Crippen molar-refractivity contribution < 1.29 is 19.1 Å². The van der Waals surface area contributed by atoms with Crippen LogP contribution in [0.2, 0.25) is 0 Å². The molecule has 7 heteroatoms. The van der Waals surface area contributed by atoms with Crippen molar-refractivity contribution in [3.63, 3.8) is 0 Å². The van der Waals surface area contributed by atoms with Crippen LogP contribution in [0.15, 0.2) is 28.9 Å². The predicted molar refractivity (Wildman–Crippen MR) is 69.1 cm³/mol. The molecule has 0 aliphatic heterocycles. The number of aromatic carboxylic acids is 1. The summed E-state index contributed by atoms with van der Waals surface area (Å²) >= 11 is 0. The smallest absolute Gasteiger partial charge is 0.371 e. The van der Waals surface area contributed by atoms with Crippen molar-refractivity contribution in [1.29, 1.82) is 0 Å². The largest absolute Gasteiger partial charge is 0.475 e. The first-order valence-electron chi connectivity index (χ1n) is 6.19. The number of amides is 1. The second kappa shape index (κ2) is 6.05. The van der Waals surface area contributed by atoms with Crippen LogP contribution in [0.3, 0.4) is 0 Å². The van der Waals surface area contributed by atoms with E-state index >= 15 is 0 Å². The number of carboxylic acid groups (broad SMARTS) is 1. The van der Waals surface area contributed by atoms with Gasteiger partial charge in [0.1, 0.15) is 18.1 Å². The van der Waals surface area contributed by atoms with Gasteiger partial charge in [0.05, 0.1) is 6.54 Å². The van der Waals surface area contributed by atoms with Crippen LogP contribution in [0.5, 0.6) is 0 Å². The van der Waals surface area contributed by atoms with Crippen LogP contribution in [-0.4, -0.2) is 26.5 Å². The van der Waals surface area contributed by atoms with Crippen LogP contribution >= 0.6 is 0 Å². The van der Waals surface area contributed by atoms with E-state index in [0.717, 1.165) is 12.2 Å². The molecule has 1 amide bonds. The van der Waals surface area contributed by atoms with E-state index < -0.39 is 5.97 Å². The minimum atomic E-state index is -1.13.